The van der Waals surface area contributed by atoms with E-state index in [0.717, 1.165) is 49.8 Å². The van der Waals surface area contributed by atoms with Crippen LogP contribution in [0, 0.1) is 35.5 Å². The molecule has 7 heteroatoms. The van der Waals surface area contributed by atoms with E-state index in [1.807, 2.05) is 0 Å². The lowest BCUT2D eigenvalue weighted by Gasteiger charge is -2.24. The number of aryl methyl sites for hydroxylation is 1. The number of phenolic OH excluding ortho intramolecular Hbond substituents is 2. The topological polar surface area (TPSA) is 93.1 Å². The summed E-state index contributed by atoms with van der Waals surface area (Å²) in [7, 11) is 0. The summed E-state index contributed by atoms with van der Waals surface area (Å²) in [5, 5.41) is 19.1. The van der Waals surface area contributed by atoms with Gasteiger partial charge in [0.2, 0.25) is 0 Å². The molecule has 35 heavy (non-hydrogen) atoms. The normalized spacial score (nSPS) is 30.6. The predicted molar refractivity (Wildman–Crippen MR) is 134 cm³/mol. The van der Waals surface area contributed by atoms with Gasteiger partial charge in [0.05, 0.1) is 11.8 Å². The van der Waals surface area contributed by atoms with Crippen LogP contribution in [0.15, 0.2) is 42.5 Å². The highest BCUT2D eigenvalue weighted by Crippen LogP contribution is 2.45. The second-order valence-corrected chi connectivity index (χ2v) is 11.6. The van der Waals surface area contributed by atoms with Crippen LogP contribution in [0.3, 0.4) is 0 Å². The van der Waals surface area contributed by atoms with Crippen molar-refractivity contribution in [3.63, 3.8) is 0 Å². The molecule has 0 aliphatic heterocycles. The molecule has 0 saturated heterocycles. The fourth-order valence-electron chi connectivity index (χ4n) is 6.07. The number of aromatic hydroxyl groups is 2. The van der Waals surface area contributed by atoms with Gasteiger partial charge in [0, 0.05) is 5.75 Å². The van der Waals surface area contributed by atoms with Crippen LogP contribution >= 0.6 is 11.8 Å². The Hall–Kier alpha value is -2.41. The zero-order valence-electron chi connectivity index (χ0n) is 19.9. The van der Waals surface area contributed by atoms with Crippen molar-refractivity contribution < 1.29 is 29.3 Å². The maximum atomic E-state index is 12.9. The van der Waals surface area contributed by atoms with E-state index >= 15 is 0 Å². The number of carbonyl (C=O) groups excluding carboxylic acids is 2. The summed E-state index contributed by atoms with van der Waals surface area (Å²) in [5.74, 6) is 2.31. The number of ether oxygens (including phenoxy) is 2. The summed E-state index contributed by atoms with van der Waals surface area (Å²) in [6, 6.07) is 4.88. The van der Waals surface area contributed by atoms with Crippen molar-refractivity contribution in [2.24, 2.45) is 35.5 Å². The van der Waals surface area contributed by atoms with Crippen molar-refractivity contribution in [1.29, 1.82) is 0 Å². The fourth-order valence-corrected chi connectivity index (χ4v) is 7.01. The fraction of sp³-hybridized carbons (Fsp3) is 0.571. The number of allylic oxidation sites excluding steroid dienone is 4. The van der Waals surface area contributed by atoms with E-state index in [2.05, 4.69) is 24.3 Å². The molecule has 7 atom stereocenters. The molecule has 1 aromatic carbocycles. The number of carbonyl (C=O) groups is 2. The lowest BCUT2D eigenvalue weighted by molar-refractivity contribution is -0.163. The second kappa shape index (κ2) is 10.7. The lowest BCUT2D eigenvalue weighted by atomic mass is 9.94. The maximum absolute atomic E-state index is 12.9. The smallest absolute Gasteiger partial charge is 0.309 e. The van der Waals surface area contributed by atoms with E-state index in [4.69, 9.17) is 9.47 Å². The number of benzene rings is 1. The molecule has 2 N–H and O–H groups in total. The molecule has 0 spiro atoms. The summed E-state index contributed by atoms with van der Waals surface area (Å²) < 4.78 is 11.6. The average Bonchev–Trinajstić information content (AvgIpc) is 3.66. The first-order chi connectivity index (χ1) is 17.0. The number of hydrogen-bond donors (Lipinski definition) is 2. The SMILES string of the molecule is O=C(OCC(CSCCCc1ccc(O)c(O)c1)OC(=O)C1CC2C=CC1C2)C1CC2C=CC1C2. The van der Waals surface area contributed by atoms with Crippen molar-refractivity contribution in [3.05, 3.63) is 48.1 Å². The number of phenols is 2. The molecule has 0 heterocycles. The highest BCUT2D eigenvalue weighted by atomic mass is 32.2. The van der Waals surface area contributed by atoms with Crippen LogP contribution in [0.25, 0.3) is 0 Å². The molecule has 0 aromatic heterocycles. The van der Waals surface area contributed by atoms with Gasteiger partial charge in [0.15, 0.2) is 11.5 Å². The average molecular weight is 499 g/mol. The number of rotatable bonds is 11. The zero-order valence-corrected chi connectivity index (χ0v) is 20.7. The molecule has 5 rings (SSSR count). The van der Waals surface area contributed by atoms with Gasteiger partial charge in [-0.2, -0.15) is 11.8 Å². The molecule has 6 nitrogen and oxygen atoms in total. The van der Waals surface area contributed by atoms with Gasteiger partial charge in [0.25, 0.3) is 0 Å². The molecule has 1 aromatic rings. The van der Waals surface area contributed by atoms with Crippen molar-refractivity contribution in [2.45, 2.75) is 44.6 Å². The van der Waals surface area contributed by atoms with Gasteiger partial charge < -0.3 is 19.7 Å². The van der Waals surface area contributed by atoms with Crippen LogP contribution in [-0.4, -0.2) is 46.4 Å². The summed E-state index contributed by atoms with van der Waals surface area (Å²) >= 11 is 1.68. The van der Waals surface area contributed by atoms with Crippen LogP contribution < -0.4 is 0 Å². The standard InChI is InChI=1S/C28H34O6S/c29-25-8-5-17(14-26(25)30)2-1-9-35-16-22(34-28(32)24-13-19-4-7-21(24)11-19)15-33-27(31)23-12-18-3-6-20(23)10-18/h3-8,14,18-24,29-30H,1-2,9-13,15-16H2. The van der Waals surface area contributed by atoms with Crippen LogP contribution in [0.1, 0.15) is 37.7 Å². The van der Waals surface area contributed by atoms with E-state index in [9.17, 15) is 19.8 Å². The molecular weight excluding hydrogens is 464 g/mol. The summed E-state index contributed by atoms with van der Waals surface area (Å²) in [6.45, 7) is 0.109. The Morgan fingerprint density at radius 2 is 1.60 bits per heavy atom. The predicted octanol–water partition coefficient (Wildman–Crippen LogP) is 4.64. The van der Waals surface area contributed by atoms with Crippen molar-refractivity contribution in [3.8, 4) is 11.5 Å². The van der Waals surface area contributed by atoms with E-state index in [0.29, 0.717) is 23.5 Å². The van der Waals surface area contributed by atoms with Gasteiger partial charge in [-0.05, 0) is 85.6 Å². The molecule has 0 radical (unpaired) electrons. The van der Waals surface area contributed by atoms with Crippen molar-refractivity contribution in [2.75, 3.05) is 18.1 Å². The van der Waals surface area contributed by atoms with Crippen molar-refractivity contribution in [1.82, 2.24) is 0 Å². The third-order valence-electron chi connectivity index (χ3n) is 7.96. The molecule has 4 bridgehead atoms. The van der Waals surface area contributed by atoms with Crippen LogP contribution in [-0.2, 0) is 25.5 Å². The summed E-state index contributed by atoms with van der Waals surface area (Å²) in [4.78, 5) is 25.6. The third-order valence-corrected chi connectivity index (χ3v) is 9.14. The minimum absolute atomic E-state index is 0.0635. The van der Waals surface area contributed by atoms with E-state index in [-0.39, 0.29) is 47.8 Å². The Kier molecular flexibility index (Phi) is 7.42. The number of esters is 2. The Morgan fingerprint density at radius 3 is 2.20 bits per heavy atom. The molecule has 4 aliphatic rings. The van der Waals surface area contributed by atoms with Gasteiger partial charge in [-0.15, -0.1) is 0 Å². The third kappa shape index (κ3) is 5.71. The monoisotopic (exact) mass is 498 g/mol. The first-order valence-electron chi connectivity index (χ1n) is 12.8. The Labute approximate surface area is 210 Å². The summed E-state index contributed by atoms with van der Waals surface area (Å²) in [6.07, 6.45) is 13.7. The lowest BCUT2D eigenvalue weighted by Crippen LogP contribution is -2.33. The molecule has 2 saturated carbocycles. The summed E-state index contributed by atoms with van der Waals surface area (Å²) in [5.41, 5.74) is 0.960. The first kappa shape index (κ1) is 24.3. The Balaban J connectivity index is 1.10. The first-order valence-corrected chi connectivity index (χ1v) is 13.9. The Bertz CT molecular complexity index is 1000. The zero-order chi connectivity index (χ0) is 24.4. The van der Waals surface area contributed by atoms with Gasteiger partial charge in [-0.1, -0.05) is 30.4 Å². The molecule has 7 unspecified atom stereocenters. The van der Waals surface area contributed by atoms with Gasteiger partial charge >= 0.3 is 11.9 Å². The van der Waals surface area contributed by atoms with Gasteiger partial charge in [-0.3, -0.25) is 9.59 Å². The van der Waals surface area contributed by atoms with Gasteiger partial charge in [-0.25, -0.2) is 0 Å². The molecular formula is C28H34O6S. The quantitative estimate of drug-likeness (QED) is 0.199. The molecule has 0 amide bonds. The molecule has 4 aliphatic carbocycles. The largest absolute Gasteiger partial charge is 0.504 e. The molecule has 2 fully saturated rings. The maximum Gasteiger partial charge on any atom is 0.309 e. The highest BCUT2D eigenvalue weighted by molar-refractivity contribution is 7.99. The molecule has 188 valence electrons. The minimum Gasteiger partial charge on any atom is -0.504 e. The second-order valence-electron chi connectivity index (χ2n) is 10.5. The Morgan fingerprint density at radius 1 is 0.914 bits per heavy atom. The van der Waals surface area contributed by atoms with Crippen LogP contribution in [0.5, 0.6) is 11.5 Å². The van der Waals surface area contributed by atoms with Crippen LogP contribution in [0.4, 0.5) is 0 Å². The highest BCUT2D eigenvalue weighted by Gasteiger charge is 2.42. The van der Waals surface area contributed by atoms with Crippen molar-refractivity contribution >= 4 is 23.7 Å². The minimum atomic E-state index is -0.452. The van der Waals surface area contributed by atoms with Gasteiger partial charge in [0.1, 0.15) is 12.7 Å². The van der Waals surface area contributed by atoms with Crippen LogP contribution in [0.2, 0.25) is 0 Å². The number of hydrogen-bond acceptors (Lipinski definition) is 7. The van der Waals surface area contributed by atoms with E-state index in [1.165, 1.54) is 6.07 Å². The number of fused-ring (bicyclic) bond motifs is 4. The number of thioether (sulfide) groups is 1. The van der Waals surface area contributed by atoms with E-state index in [1.54, 1.807) is 23.9 Å². The van der Waals surface area contributed by atoms with E-state index < -0.39 is 6.10 Å².